The summed E-state index contributed by atoms with van der Waals surface area (Å²) in [4.78, 5) is 18.2. The van der Waals surface area contributed by atoms with Crippen LogP contribution < -0.4 is 10.0 Å². The van der Waals surface area contributed by atoms with Crippen molar-refractivity contribution in [1.29, 1.82) is 0 Å². The number of amides is 2. The van der Waals surface area contributed by atoms with E-state index < -0.39 is 10.0 Å². The number of aromatic nitrogens is 1. The second kappa shape index (κ2) is 7.78. The zero-order valence-corrected chi connectivity index (χ0v) is 14.4. The lowest BCUT2D eigenvalue weighted by Gasteiger charge is -2.35. The number of urea groups is 1. The van der Waals surface area contributed by atoms with Crippen molar-refractivity contribution in [2.45, 2.75) is 45.2 Å². The van der Waals surface area contributed by atoms with Crippen LogP contribution in [0.4, 0.5) is 4.79 Å². The maximum Gasteiger partial charge on any atom is 0.317 e. The first kappa shape index (κ1) is 17.7. The standard InChI is InChI=1S/C14H24N4O4S/c1-11-13(16-10-22-11)9-15-14(19)18-8-4-3-5-12(18)6-7-17-23(2,20)21/h10,12,17H,3-9H2,1-2H3,(H,15,19). The van der Waals surface area contributed by atoms with E-state index in [0.717, 1.165) is 25.5 Å². The van der Waals surface area contributed by atoms with Crippen molar-refractivity contribution in [3.8, 4) is 0 Å². The molecule has 8 nitrogen and oxygen atoms in total. The SMILES string of the molecule is Cc1ocnc1CNC(=O)N1CCCCC1CCNS(C)(=O)=O. The molecule has 0 radical (unpaired) electrons. The van der Waals surface area contributed by atoms with Gasteiger partial charge in [-0.2, -0.15) is 0 Å². The molecule has 2 N–H and O–H groups in total. The van der Waals surface area contributed by atoms with Crippen molar-refractivity contribution in [2.75, 3.05) is 19.3 Å². The molecule has 1 aliphatic rings. The molecule has 0 aromatic carbocycles. The Labute approximate surface area is 136 Å². The summed E-state index contributed by atoms with van der Waals surface area (Å²) < 4.78 is 29.9. The molecule has 1 unspecified atom stereocenters. The lowest BCUT2D eigenvalue weighted by atomic mass is 10.00. The minimum Gasteiger partial charge on any atom is -0.448 e. The summed E-state index contributed by atoms with van der Waals surface area (Å²) >= 11 is 0. The third-order valence-electron chi connectivity index (χ3n) is 3.98. The second-order valence-electron chi connectivity index (χ2n) is 5.81. The van der Waals surface area contributed by atoms with Crippen molar-refractivity contribution in [2.24, 2.45) is 0 Å². The van der Waals surface area contributed by atoms with Crippen LogP contribution in [0.2, 0.25) is 0 Å². The van der Waals surface area contributed by atoms with Crippen LogP contribution in [0.25, 0.3) is 0 Å². The summed E-state index contributed by atoms with van der Waals surface area (Å²) in [5, 5.41) is 2.86. The summed E-state index contributed by atoms with van der Waals surface area (Å²) in [6, 6.07) is -0.0899. The predicted octanol–water partition coefficient (Wildman–Crippen LogP) is 0.986. The molecule has 0 bridgehead atoms. The van der Waals surface area contributed by atoms with E-state index in [1.165, 1.54) is 6.39 Å². The van der Waals surface area contributed by atoms with E-state index in [1.54, 1.807) is 11.8 Å². The number of hydrogen-bond acceptors (Lipinski definition) is 5. The highest BCUT2D eigenvalue weighted by molar-refractivity contribution is 7.88. The maximum absolute atomic E-state index is 12.4. The number of carbonyl (C=O) groups excluding carboxylic acids is 1. The molecular formula is C14H24N4O4S. The molecule has 2 rings (SSSR count). The quantitative estimate of drug-likeness (QED) is 0.801. The normalized spacial score (nSPS) is 18.9. The molecule has 1 fully saturated rings. The molecule has 1 aromatic heterocycles. The van der Waals surface area contributed by atoms with Crippen LogP contribution in [0.3, 0.4) is 0 Å². The number of oxazole rings is 1. The molecule has 9 heteroatoms. The fourth-order valence-electron chi connectivity index (χ4n) is 2.74. The van der Waals surface area contributed by atoms with E-state index >= 15 is 0 Å². The number of likely N-dealkylation sites (tertiary alicyclic amines) is 1. The number of hydrogen-bond donors (Lipinski definition) is 2. The van der Waals surface area contributed by atoms with E-state index in [2.05, 4.69) is 15.0 Å². The van der Waals surface area contributed by atoms with Gasteiger partial charge in [-0.1, -0.05) is 0 Å². The molecule has 1 aromatic rings. The van der Waals surface area contributed by atoms with Gasteiger partial charge in [0.05, 0.1) is 12.8 Å². The van der Waals surface area contributed by atoms with Crippen molar-refractivity contribution < 1.29 is 17.6 Å². The number of nitrogens with one attached hydrogen (secondary N) is 2. The third-order valence-corrected chi connectivity index (χ3v) is 4.71. The number of piperidine rings is 1. The highest BCUT2D eigenvalue weighted by Gasteiger charge is 2.26. The van der Waals surface area contributed by atoms with Gasteiger partial charge in [0, 0.05) is 19.1 Å². The number of rotatable bonds is 6. The van der Waals surface area contributed by atoms with Gasteiger partial charge in [-0.25, -0.2) is 22.9 Å². The minimum atomic E-state index is -3.20. The van der Waals surface area contributed by atoms with Gasteiger partial charge in [-0.3, -0.25) is 0 Å². The predicted molar refractivity (Wildman–Crippen MR) is 85.3 cm³/mol. The molecule has 130 valence electrons. The zero-order valence-electron chi connectivity index (χ0n) is 13.5. The Bertz CT molecular complexity index is 628. The van der Waals surface area contributed by atoms with E-state index in [9.17, 15) is 13.2 Å². The first-order chi connectivity index (χ1) is 10.9. The fraction of sp³-hybridized carbons (Fsp3) is 0.714. The van der Waals surface area contributed by atoms with E-state index in [4.69, 9.17) is 4.42 Å². The van der Waals surface area contributed by atoms with Crippen molar-refractivity contribution in [1.82, 2.24) is 19.9 Å². The molecule has 2 amide bonds. The van der Waals surface area contributed by atoms with Crippen LogP contribution in [-0.4, -0.2) is 49.7 Å². The van der Waals surface area contributed by atoms with Crippen LogP contribution in [0.15, 0.2) is 10.8 Å². The number of nitrogens with zero attached hydrogens (tertiary/aromatic N) is 2. The topological polar surface area (TPSA) is 105 Å². The zero-order chi connectivity index (χ0) is 16.9. The third kappa shape index (κ3) is 5.51. The molecular weight excluding hydrogens is 320 g/mol. The van der Waals surface area contributed by atoms with Gasteiger partial charge < -0.3 is 14.6 Å². The van der Waals surface area contributed by atoms with E-state index in [-0.39, 0.29) is 12.1 Å². The molecule has 0 saturated carbocycles. The van der Waals surface area contributed by atoms with Crippen LogP contribution in [0.1, 0.15) is 37.1 Å². The molecule has 1 aliphatic heterocycles. The summed E-state index contributed by atoms with van der Waals surface area (Å²) in [7, 11) is -3.20. The van der Waals surface area contributed by atoms with E-state index in [0.29, 0.717) is 37.5 Å². The van der Waals surface area contributed by atoms with Gasteiger partial charge in [0.1, 0.15) is 11.5 Å². The number of aryl methyl sites for hydroxylation is 1. The average Bonchev–Trinajstić information content (AvgIpc) is 2.89. The summed E-state index contributed by atoms with van der Waals surface area (Å²) in [6.07, 6.45) is 6.02. The second-order valence-corrected chi connectivity index (χ2v) is 7.65. The van der Waals surface area contributed by atoms with E-state index in [1.807, 2.05) is 0 Å². The highest BCUT2D eigenvalue weighted by atomic mass is 32.2. The first-order valence-corrected chi connectivity index (χ1v) is 9.64. The Kier molecular flexibility index (Phi) is 6.00. The van der Waals surface area contributed by atoms with Gasteiger partial charge in [0.15, 0.2) is 6.39 Å². The smallest absolute Gasteiger partial charge is 0.317 e. The molecule has 0 spiro atoms. The van der Waals surface area contributed by atoms with Crippen molar-refractivity contribution >= 4 is 16.1 Å². The average molecular weight is 344 g/mol. The summed E-state index contributed by atoms with van der Waals surface area (Å²) in [6.45, 7) is 3.16. The maximum atomic E-state index is 12.4. The van der Waals surface area contributed by atoms with Crippen LogP contribution in [0.5, 0.6) is 0 Å². The number of sulfonamides is 1. The molecule has 1 atom stereocenters. The van der Waals surface area contributed by atoms with Gasteiger partial charge in [-0.05, 0) is 32.6 Å². The van der Waals surface area contributed by atoms with Crippen molar-refractivity contribution in [3.63, 3.8) is 0 Å². The monoisotopic (exact) mass is 344 g/mol. The fourth-order valence-corrected chi connectivity index (χ4v) is 3.23. The van der Waals surface area contributed by atoms with Gasteiger partial charge in [0.25, 0.3) is 0 Å². The Morgan fingerprint density at radius 1 is 1.48 bits per heavy atom. The van der Waals surface area contributed by atoms with Gasteiger partial charge in [0.2, 0.25) is 10.0 Å². The summed E-state index contributed by atoms with van der Waals surface area (Å²) in [5.41, 5.74) is 0.714. The highest BCUT2D eigenvalue weighted by Crippen LogP contribution is 2.19. The lowest BCUT2D eigenvalue weighted by molar-refractivity contribution is 0.146. The Morgan fingerprint density at radius 3 is 2.91 bits per heavy atom. The molecule has 1 saturated heterocycles. The lowest BCUT2D eigenvalue weighted by Crippen LogP contribution is -2.49. The Balaban J connectivity index is 1.86. The minimum absolute atomic E-state index is 0.0522. The molecule has 23 heavy (non-hydrogen) atoms. The summed E-state index contributed by atoms with van der Waals surface area (Å²) in [5.74, 6) is 0.692. The Hall–Kier alpha value is -1.61. The van der Waals surface area contributed by atoms with Crippen LogP contribution in [0, 0.1) is 6.92 Å². The largest absolute Gasteiger partial charge is 0.448 e. The first-order valence-electron chi connectivity index (χ1n) is 7.75. The number of carbonyl (C=O) groups is 1. The molecule has 2 heterocycles. The Morgan fingerprint density at radius 2 is 2.26 bits per heavy atom. The van der Waals surface area contributed by atoms with Gasteiger partial charge >= 0.3 is 6.03 Å². The van der Waals surface area contributed by atoms with Crippen LogP contribution in [-0.2, 0) is 16.6 Å². The van der Waals surface area contributed by atoms with Crippen molar-refractivity contribution in [3.05, 3.63) is 17.8 Å². The van der Waals surface area contributed by atoms with Crippen LogP contribution >= 0.6 is 0 Å². The molecule has 0 aliphatic carbocycles. The van der Waals surface area contributed by atoms with Gasteiger partial charge in [-0.15, -0.1) is 0 Å².